The molecule has 2 N–H and O–H groups in total. The summed E-state index contributed by atoms with van der Waals surface area (Å²) in [6.07, 6.45) is 1.76. The first-order valence-corrected chi connectivity index (χ1v) is 7.32. The lowest BCUT2D eigenvalue weighted by atomic mass is 10.0. The Bertz CT molecular complexity index is 726. The van der Waals surface area contributed by atoms with Crippen LogP contribution in [0, 0.1) is 5.92 Å². The molecular formula is C17H19N3O. The van der Waals surface area contributed by atoms with E-state index in [-0.39, 0.29) is 0 Å². The molecule has 0 fully saturated rings. The maximum Gasteiger partial charge on any atom is 0.227 e. The highest BCUT2D eigenvalue weighted by atomic mass is 16.5. The Balaban J connectivity index is 1.95. The number of benzene rings is 2. The summed E-state index contributed by atoms with van der Waals surface area (Å²) in [4.78, 5) is 4.53. The summed E-state index contributed by atoms with van der Waals surface area (Å²) >= 11 is 0. The molecule has 3 rings (SSSR count). The first-order valence-electron chi connectivity index (χ1n) is 7.32. The van der Waals surface area contributed by atoms with Crippen molar-refractivity contribution in [3.63, 3.8) is 0 Å². The van der Waals surface area contributed by atoms with Crippen molar-refractivity contribution in [2.45, 2.75) is 19.8 Å². The number of aromatic nitrogens is 2. The van der Waals surface area contributed by atoms with Crippen LogP contribution in [0.1, 0.15) is 19.2 Å². The van der Waals surface area contributed by atoms with Gasteiger partial charge in [0, 0.05) is 12.0 Å². The molecule has 0 spiro atoms. The number of hydrogen-bond donors (Lipinski definition) is 1. The molecule has 21 heavy (non-hydrogen) atoms. The van der Waals surface area contributed by atoms with Crippen LogP contribution in [0.15, 0.2) is 47.0 Å². The normalized spacial score (nSPS) is 12.7. The monoisotopic (exact) mass is 281 g/mol. The number of nitrogens with zero attached hydrogens (tertiary/aromatic N) is 2. The van der Waals surface area contributed by atoms with E-state index >= 15 is 0 Å². The molecule has 4 heteroatoms. The predicted octanol–water partition coefficient (Wildman–Crippen LogP) is 3.42. The molecule has 3 aromatic rings. The fourth-order valence-electron chi connectivity index (χ4n) is 2.51. The van der Waals surface area contributed by atoms with Crippen molar-refractivity contribution in [1.82, 2.24) is 10.1 Å². The van der Waals surface area contributed by atoms with E-state index in [1.54, 1.807) is 0 Å². The Morgan fingerprint density at radius 3 is 2.76 bits per heavy atom. The minimum atomic E-state index is 0.394. The molecule has 1 heterocycles. The molecule has 1 aromatic heterocycles. The average molecular weight is 281 g/mol. The predicted molar refractivity (Wildman–Crippen MR) is 83.8 cm³/mol. The standard InChI is InChI=1S/C17H19N3O/c1-2-12(11-18)10-16-19-17(20-21-16)15-9-5-7-13-6-3-4-8-14(13)15/h3-9,12H,2,10-11,18H2,1H3. The second-order valence-corrected chi connectivity index (χ2v) is 5.25. The van der Waals surface area contributed by atoms with Gasteiger partial charge in [0.25, 0.3) is 0 Å². The molecule has 1 unspecified atom stereocenters. The van der Waals surface area contributed by atoms with Crippen LogP contribution >= 0.6 is 0 Å². The van der Waals surface area contributed by atoms with Crippen molar-refractivity contribution in [1.29, 1.82) is 0 Å². The van der Waals surface area contributed by atoms with Crippen molar-refractivity contribution in [3.05, 3.63) is 48.4 Å². The van der Waals surface area contributed by atoms with Crippen LogP contribution in [0.3, 0.4) is 0 Å². The first kappa shape index (κ1) is 13.8. The summed E-state index contributed by atoms with van der Waals surface area (Å²) in [5, 5.41) is 6.44. The van der Waals surface area contributed by atoms with Gasteiger partial charge >= 0.3 is 0 Å². The number of rotatable bonds is 5. The summed E-state index contributed by atoms with van der Waals surface area (Å²) in [6, 6.07) is 14.3. The van der Waals surface area contributed by atoms with Gasteiger partial charge in [-0.2, -0.15) is 4.98 Å². The fourth-order valence-corrected chi connectivity index (χ4v) is 2.51. The lowest BCUT2D eigenvalue weighted by Gasteiger charge is -2.07. The Kier molecular flexibility index (Phi) is 3.97. The Labute approximate surface area is 124 Å². The second kappa shape index (κ2) is 6.06. The molecule has 1 atom stereocenters. The highest BCUT2D eigenvalue weighted by Crippen LogP contribution is 2.26. The van der Waals surface area contributed by atoms with Crippen LogP contribution in [0.25, 0.3) is 22.2 Å². The van der Waals surface area contributed by atoms with E-state index in [2.05, 4.69) is 35.3 Å². The molecule has 0 aliphatic carbocycles. The number of nitrogens with two attached hydrogens (primary N) is 1. The zero-order valence-electron chi connectivity index (χ0n) is 12.1. The average Bonchev–Trinajstić information content (AvgIpc) is 3.00. The largest absolute Gasteiger partial charge is 0.339 e. The zero-order valence-corrected chi connectivity index (χ0v) is 12.1. The molecule has 0 saturated carbocycles. The van der Waals surface area contributed by atoms with Gasteiger partial charge in [-0.25, -0.2) is 0 Å². The number of fused-ring (bicyclic) bond motifs is 1. The van der Waals surface area contributed by atoms with E-state index in [9.17, 15) is 0 Å². The van der Waals surface area contributed by atoms with Crippen molar-refractivity contribution in [2.24, 2.45) is 11.7 Å². The summed E-state index contributed by atoms with van der Waals surface area (Å²) in [5.74, 6) is 1.70. The molecule has 0 radical (unpaired) electrons. The van der Waals surface area contributed by atoms with Crippen molar-refractivity contribution >= 4 is 10.8 Å². The molecule has 4 nitrogen and oxygen atoms in total. The van der Waals surface area contributed by atoms with Crippen LogP contribution in [0.5, 0.6) is 0 Å². The van der Waals surface area contributed by atoms with Crippen molar-refractivity contribution in [2.75, 3.05) is 6.54 Å². The van der Waals surface area contributed by atoms with E-state index in [1.807, 2.05) is 24.3 Å². The summed E-state index contributed by atoms with van der Waals surface area (Å²) in [7, 11) is 0. The third-order valence-corrected chi connectivity index (χ3v) is 3.87. The number of hydrogen-bond acceptors (Lipinski definition) is 4. The highest BCUT2D eigenvalue weighted by molar-refractivity contribution is 5.94. The summed E-state index contributed by atoms with van der Waals surface area (Å²) in [6.45, 7) is 2.77. The summed E-state index contributed by atoms with van der Waals surface area (Å²) < 4.78 is 5.39. The maximum atomic E-state index is 5.73. The van der Waals surface area contributed by atoms with Gasteiger partial charge in [-0.15, -0.1) is 0 Å². The van der Waals surface area contributed by atoms with E-state index in [0.717, 1.165) is 23.8 Å². The van der Waals surface area contributed by atoms with Crippen LogP contribution in [-0.2, 0) is 6.42 Å². The molecule has 0 aliphatic heterocycles. The fraction of sp³-hybridized carbons (Fsp3) is 0.294. The SMILES string of the molecule is CCC(CN)Cc1nc(-c2cccc3ccccc23)no1. The molecule has 108 valence electrons. The second-order valence-electron chi connectivity index (χ2n) is 5.25. The van der Waals surface area contributed by atoms with Crippen LogP contribution in [0.2, 0.25) is 0 Å². The first-order chi connectivity index (χ1) is 10.3. The molecule has 0 bridgehead atoms. The smallest absolute Gasteiger partial charge is 0.227 e. The minimum absolute atomic E-state index is 0.394. The molecule has 0 aliphatic rings. The molecule has 0 amide bonds. The van der Waals surface area contributed by atoms with Gasteiger partial charge in [-0.3, -0.25) is 0 Å². The van der Waals surface area contributed by atoms with Crippen molar-refractivity contribution < 1.29 is 4.52 Å². The van der Waals surface area contributed by atoms with Gasteiger partial charge in [0.05, 0.1) is 0 Å². The van der Waals surface area contributed by atoms with Crippen LogP contribution in [0.4, 0.5) is 0 Å². The van der Waals surface area contributed by atoms with Gasteiger partial charge in [-0.1, -0.05) is 61.0 Å². The summed E-state index contributed by atoms with van der Waals surface area (Å²) in [5.41, 5.74) is 6.74. The van der Waals surface area contributed by atoms with Gasteiger partial charge in [0.1, 0.15) is 0 Å². The van der Waals surface area contributed by atoms with Gasteiger partial charge in [0.2, 0.25) is 11.7 Å². The quantitative estimate of drug-likeness (QED) is 0.778. The topological polar surface area (TPSA) is 64.9 Å². The molecular weight excluding hydrogens is 262 g/mol. The van der Waals surface area contributed by atoms with E-state index in [4.69, 9.17) is 10.3 Å². The van der Waals surface area contributed by atoms with Gasteiger partial charge < -0.3 is 10.3 Å². The van der Waals surface area contributed by atoms with Gasteiger partial charge in [0.15, 0.2) is 0 Å². The van der Waals surface area contributed by atoms with E-state index in [0.29, 0.717) is 24.2 Å². The lowest BCUT2D eigenvalue weighted by molar-refractivity contribution is 0.351. The Morgan fingerprint density at radius 2 is 1.95 bits per heavy atom. The Morgan fingerprint density at radius 1 is 1.14 bits per heavy atom. The third-order valence-electron chi connectivity index (χ3n) is 3.87. The van der Waals surface area contributed by atoms with Crippen LogP contribution < -0.4 is 5.73 Å². The molecule has 2 aromatic carbocycles. The van der Waals surface area contributed by atoms with Gasteiger partial charge in [-0.05, 0) is 23.2 Å². The molecule has 0 saturated heterocycles. The zero-order chi connectivity index (χ0) is 14.7. The van der Waals surface area contributed by atoms with E-state index in [1.165, 1.54) is 5.39 Å². The van der Waals surface area contributed by atoms with Crippen molar-refractivity contribution in [3.8, 4) is 11.4 Å². The Hall–Kier alpha value is -2.20. The van der Waals surface area contributed by atoms with E-state index < -0.39 is 0 Å². The maximum absolute atomic E-state index is 5.73. The highest BCUT2D eigenvalue weighted by Gasteiger charge is 2.14. The third kappa shape index (κ3) is 2.81. The van der Waals surface area contributed by atoms with Crippen LogP contribution in [-0.4, -0.2) is 16.7 Å². The minimum Gasteiger partial charge on any atom is -0.339 e. The lowest BCUT2D eigenvalue weighted by Crippen LogP contribution is -2.15.